The van der Waals surface area contributed by atoms with Crippen molar-refractivity contribution >= 4 is 44.0 Å². The zero-order valence-corrected chi connectivity index (χ0v) is 24.8. The molecule has 8 nitrogen and oxygen atoms in total. The van der Waals surface area contributed by atoms with Crippen molar-refractivity contribution in [1.82, 2.24) is 15.0 Å². The molecule has 0 spiro atoms. The molecule has 5 rings (SSSR count). The standard InChI is InChI=1S/C30H37N3O5S2/c1-30(2,3)33-40(37,38)25-14-13-23(21-11-7-8-12-22(21)25)26-24(15-18-9-5-4-6-10-18)32-28(39-26)27(34)31-20-16-19(17-20)29(35)36/h7-8,11-14,18-20,33H,4-6,9-10,15-17H2,1-3H3,(H,31,34)(H,35,36). The van der Waals surface area contributed by atoms with Gasteiger partial charge in [-0.25, -0.2) is 18.1 Å². The summed E-state index contributed by atoms with van der Waals surface area (Å²) < 4.78 is 29.4. The zero-order chi connectivity index (χ0) is 28.7. The summed E-state index contributed by atoms with van der Waals surface area (Å²) in [5.41, 5.74) is 1.10. The molecule has 1 aromatic heterocycles. The molecule has 0 aliphatic heterocycles. The number of hydrogen-bond donors (Lipinski definition) is 3. The van der Waals surface area contributed by atoms with Gasteiger partial charge in [0.05, 0.1) is 21.4 Å². The highest BCUT2D eigenvalue weighted by Gasteiger charge is 2.36. The van der Waals surface area contributed by atoms with Crippen molar-refractivity contribution in [3.8, 4) is 10.4 Å². The van der Waals surface area contributed by atoms with Crippen molar-refractivity contribution in [3.63, 3.8) is 0 Å². The van der Waals surface area contributed by atoms with Gasteiger partial charge in [0.25, 0.3) is 5.91 Å². The molecule has 2 aromatic carbocycles. The molecule has 0 radical (unpaired) electrons. The third-order valence-electron chi connectivity index (χ3n) is 7.78. The van der Waals surface area contributed by atoms with Crippen molar-refractivity contribution in [2.45, 2.75) is 88.6 Å². The van der Waals surface area contributed by atoms with Gasteiger partial charge >= 0.3 is 5.97 Å². The number of nitrogens with zero attached hydrogens (tertiary/aromatic N) is 1. The van der Waals surface area contributed by atoms with Crippen LogP contribution in [0, 0.1) is 11.8 Å². The summed E-state index contributed by atoms with van der Waals surface area (Å²) in [6, 6.07) is 10.8. The summed E-state index contributed by atoms with van der Waals surface area (Å²) in [5, 5.41) is 13.9. The fraction of sp³-hybridized carbons (Fsp3) is 0.500. The SMILES string of the molecule is CC(C)(C)NS(=O)(=O)c1ccc(-c2sc(C(=O)NC3CC(C(=O)O)C3)nc2CC2CCCCC2)c2ccccc12. The third kappa shape index (κ3) is 6.24. The minimum atomic E-state index is -3.77. The van der Waals surface area contributed by atoms with Crippen LogP contribution in [-0.4, -0.2) is 42.0 Å². The quantitative estimate of drug-likeness (QED) is 0.310. The molecule has 214 valence electrons. The van der Waals surface area contributed by atoms with E-state index in [2.05, 4.69) is 10.0 Å². The number of carbonyl (C=O) groups excluding carboxylic acids is 1. The summed E-state index contributed by atoms with van der Waals surface area (Å²) in [5.74, 6) is -1.02. The molecule has 40 heavy (non-hydrogen) atoms. The summed E-state index contributed by atoms with van der Waals surface area (Å²) in [6.07, 6.45) is 7.52. The molecule has 2 saturated carbocycles. The Morgan fingerprint density at radius 3 is 2.35 bits per heavy atom. The van der Waals surface area contributed by atoms with E-state index in [-0.39, 0.29) is 16.8 Å². The number of carboxylic acids is 1. The highest BCUT2D eigenvalue weighted by atomic mass is 32.2. The smallest absolute Gasteiger partial charge is 0.306 e. The minimum Gasteiger partial charge on any atom is -0.481 e. The molecule has 0 saturated heterocycles. The predicted octanol–water partition coefficient (Wildman–Crippen LogP) is 5.76. The third-order valence-corrected chi connectivity index (χ3v) is 10.7. The maximum Gasteiger partial charge on any atom is 0.306 e. The summed E-state index contributed by atoms with van der Waals surface area (Å²) in [4.78, 5) is 30.3. The fourth-order valence-corrected chi connectivity index (χ4v) is 8.48. The lowest BCUT2D eigenvalue weighted by atomic mass is 9.80. The van der Waals surface area contributed by atoms with Gasteiger partial charge in [-0.1, -0.05) is 62.4 Å². The van der Waals surface area contributed by atoms with Crippen LogP contribution in [0.15, 0.2) is 41.3 Å². The normalized spacial score (nSPS) is 20.3. The Morgan fingerprint density at radius 2 is 1.70 bits per heavy atom. The molecule has 2 aliphatic rings. The van der Waals surface area contributed by atoms with Crippen molar-refractivity contribution in [1.29, 1.82) is 0 Å². The maximum atomic E-state index is 13.3. The number of nitrogens with one attached hydrogen (secondary N) is 2. The van der Waals surface area contributed by atoms with Gasteiger partial charge in [0.2, 0.25) is 10.0 Å². The van der Waals surface area contributed by atoms with Crippen LogP contribution in [0.5, 0.6) is 0 Å². The molecule has 3 aromatic rings. The van der Waals surface area contributed by atoms with E-state index in [1.807, 2.05) is 51.1 Å². The number of benzene rings is 2. The van der Waals surface area contributed by atoms with Crippen molar-refractivity contribution in [2.75, 3.05) is 0 Å². The largest absolute Gasteiger partial charge is 0.481 e. The van der Waals surface area contributed by atoms with E-state index in [0.717, 1.165) is 40.8 Å². The van der Waals surface area contributed by atoms with Crippen molar-refractivity contribution in [2.24, 2.45) is 11.8 Å². The predicted molar refractivity (Wildman–Crippen MR) is 157 cm³/mol. The number of thiazole rings is 1. The molecule has 3 N–H and O–H groups in total. The van der Waals surface area contributed by atoms with Crippen LogP contribution < -0.4 is 10.0 Å². The molecule has 0 unspecified atom stereocenters. The van der Waals surface area contributed by atoms with E-state index < -0.39 is 27.4 Å². The van der Waals surface area contributed by atoms with Gasteiger partial charge in [0.1, 0.15) is 0 Å². The molecule has 2 fully saturated rings. The summed E-state index contributed by atoms with van der Waals surface area (Å²) >= 11 is 1.33. The lowest BCUT2D eigenvalue weighted by Crippen LogP contribution is -2.46. The van der Waals surface area contributed by atoms with Gasteiger partial charge < -0.3 is 10.4 Å². The number of hydrogen-bond acceptors (Lipinski definition) is 6. The first-order valence-electron chi connectivity index (χ1n) is 14.0. The number of fused-ring (bicyclic) bond motifs is 1. The van der Waals surface area contributed by atoms with Gasteiger partial charge in [0.15, 0.2) is 5.01 Å². The lowest BCUT2D eigenvalue weighted by molar-refractivity contribution is -0.145. The Morgan fingerprint density at radius 1 is 1.02 bits per heavy atom. The molecule has 10 heteroatoms. The van der Waals surface area contributed by atoms with E-state index in [4.69, 9.17) is 4.98 Å². The summed E-state index contributed by atoms with van der Waals surface area (Å²) in [7, 11) is -3.77. The molecule has 2 aliphatic carbocycles. The number of carbonyl (C=O) groups is 2. The van der Waals surface area contributed by atoms with Crippen LogP contribution in [0.3, 0.4) is 0 Å². The lowest BCUT2D eigenvalue weighted by Gasteiger charge is -2.32. The Bertz CT molecular complexity index is 1530. The molecular formula is C30H37N3O5S2. The van der Waals surface area contributed by atoms with Gasteiger partial charge in [-0.15, -0.1) is 11.3 Å². The van der Waals surface area contributed by atoms with Gasteiger partial charge in [-0.3, -0.25) is 9.59 Å². The van der Waals surface area contributed by atoms with E-state index in [1.165, 1.54) is 30.6 Å². The number of aliphatic carboxylic acids is 1. The van der Waals surface area contributed by atoms with Gasteiger partial charge in [-0.05, 0) is 57.4 Å². The molecule has 1 amide bonds. The second-order valence-corrected chi connectivity index (χ2v) is 14.8. The van der Waals surface area contributed by atoms with Gasteiger partial charge in [0, 0.05) is 22.5 Å². The monoisotopic (exact) mass is 583 g/mol. The first-order chi connectivity index (χ1) is 18.9. The molecular weight excluding hydrogens is 546 g/mol. The number of sulfonamides is 1. The number of amides is 1. The van der Waals surface area contributed by atoms with Crippen molar-refractivity contribution in [3.05, 3.63) is 47.1 Å². The van der Waals surface area contributed by atoms with Gasteiger partial charge in [-0.2, -0.15) is 0 Å². The molecule has 1 heterocycles. The Kier molecular flexibility index (Phi) is 8.05. The zero-order valence-electron chi connectivity index (χ0n) is 23.2. The Hall–Kier alpha value is -2.82. The Labute approximate surface area is 239 Å². The molecule has 0 bridgehead atoms. The van der Waals surface area contributed by atoms with Crippen LogP contribution >= 0.6 is 11.3 Å². The van der Waals surface area contributed by atoms with Crippen LogP contribution in [0.25, 0.3) is 21.2 Å². The topological polar surface area (TPSA) is 125 Å². The highest BCUT2D eigenvalue weighted by Crippen LogP contribution is 2.40. The maximum absolute atomic E-state index is 13.3. The first kappa shape index (κ1) is 28.7. The van der Waals surface area contributed by atoms with E-state index in [9.17, 15) is 23.1 Å². The van der Waals surface area contributed by atoms with Crippen LogP contribution in [-0.2, 0) is 21.2 Å². The minimum absolute atomic E-state index is 0.164. The van der Waals surface area contributed by atoms with E-state index in [1.54, 1.807) is 6.07 Å². The van der Waals surface area contributed by atoms with E-state index in [0.29, 0.717) is 29.2 Å². The second-order valence-electron chi connectivity index (χ2n) is 12.2. The van der Waals surface area contributed by atoms with E-state index >= 15 is 0 Å². The fourth-order valence-electron chi connectivity index (χ4n) is 5.81. The summed E-state index contributed by atoms with van der Waals surface area (Å²) in [6.45, 7) is 5.44. The molecule has 0 atom stereocenters. The number of aromatic nitrogens is 1. The number of rotatable bonds is 8. The Balaban J connectivity index is 1.53. The first-order valence-corrected chi connectivity index (χ1v) is 16.3. The number of carboxylic acid groups (broad SMARTS) is 1. The highest BCUT2D eigenvalue weighted by molar-refractivity contribution is 7.89. The van der Waals surface area contributed by atoms with Crippen LogP contribution in [0.4, 0.5) is 0 Å². The van der Waals surface area contributed by atoms with Crippen molar-refractivity contribution < 1.29 is 23.1 Å². The van der Waals surface area contributed by atoms with Crippen LogP contribution in [0.1, 0.15) is 81.2 Å². The average Bonchev–Trinajstić information content (AvgIpc) is 3.27. The second kappa shape index (κ2) is 11.2. The van der Waals surface area contributed by atoms with Crippen LogP contribution in [0.2, 0.25) is 0 Å². The average molecular weight is 584 g/mol.